The molecule has 0 saturated heterocycles. The van der Waals surface area contributed by atoms with Crippen LogP contribution < -0.4 is 10.7 Å². The van der Waals surface area contributed by atoms with Gasteiger partial charge in [-0.1, -0.05) is 6.07 Å². The third-order valence-electron chi connectivity index (χ3n) is 1.50. The molecule has 0 atom stereocenters. The van der Waals surface area contributed by atoms with E-state index in [1.165, 1.54) is 17.4 Å². The number of hydroxylamine groups is 1. The van der Waals surface area contributed by atoms with Crippen molar-refractivity contribution in [3.63, 3.8) is 0 Å². The quantitative estimate of drug-likeness (QED) is 0.691. The van der Waals surface area contributed by atoms with Gasteiger partial charge in [-0.05, 0) is 12.1 Å². The minimum atomic E-state index is 0.679. The average Bonchev–Trinajstić information content (AvgIpc) is 2.67. The summed E-state index contributed by atoms with van der Waals surface area (Å²) in [5.41, 5.74) is 2.66. The predicted octanol–water partition coefficient (Wildman–Crippen LogP) is 0.00490. The number of aromatic nitrogens is 1. The predicted molar refractivity (Wildman–Crippen MR) is 46.1 cm³/mol. The van der Waals surface area contributed by atoms with Crippen molar-refractivity contribution in [3.05, 3.63) is 24.4 Å². The Labute approximate surface area is 75.3 Å². The van der Waals surface area contributed by atoms with E-state index in [0.717, 1.165) is 0 Å². The lowest BCUT2D eigenvalue weighted by atomic mass is 10.5. The SMILES string of the molecule is CON1[C]=NNN1c1ccccn1. The molecule has 1 aromatic heterocycles. The maximum Gasteiger partial charge on any atom is 0.248 e. The van der Waals surface area contributed by atoms with E-state index in [-0.39, 0.29) is 0 Å². The third kappa shape index (κ3) is 1.38. The van der Waals surface area contributed by atoms with Crippen molar-refractivity contribution in [2.75, 3.05) is 12.2 Å². The van der Waals surface area contributed by atoms with Gasteiger partial charge in [0.2, 0.25) is 6.34 Å². The van der Waals surface area contributed by atoms with Crippen LogP contribution in [0.4, 0.5) is 5.82 Å². The van der Waals surface area contributed by atoms with Crippen LogP contribution in [0.25, 0.3) is 0 Å². The Morgan fingerprint density at radius 2 is 2.46 bits per heavy atom. The van der Waals surface area contributed by atoms with Crippen molar-refractivity contribution >= 4 is 12.2 Å². The highest BCUT2D eigenvalue weighted by Gasteiger charge is 2.19. The lowest BCUT2D eigenvalue weighted by molar-refractivity contribution is -0.0696. The van der Waals surface area contributed by atoms with Crippen LogP contribution in [0.2, 0.25) is 0 Å². The number of pyridine rings is 1. The molecule has 0 bridgehead atoms. The van der Waals surface area contributed by atoms with Crippen molar-refractivity contribution in [1.82, 2.24) is 15.7 Å². The van der Waals surface area contributed by atoms with Gasteiger partial charge in [0, 0.05) is 6.20 Å². The molecule has 0 amide bonds. The van der Waals surface area contributed by atoms with Crippen molar-refractivity contribution in [1.29, 1.82) is 0 Å². The van der Waals surface area contributed by atoms with E-state index >= 15 is 0 Å². The molecule has 0 unspecified atom stereocenters. The van der Waals surface area contributed by atoms with Gasteiger partial charge in [-0.3, -0.25) is 4.84 Å². The van der Waals surface area contributed by atoms with Crippen LogP contribution in [-0.4, -0.2) is 23.6 Å². The average molecular weight is 178 g/mol. The molecule has 67 valence electrons. The molecule has 0 spiro atoms. The Hall–Kier alpha value is -1.82. The van der Waals surface area contributed by atoms with Gasteiger partial charge in [0.05, 0.1) is 7.11 Å². The molecular formula is C7H8N5O. The first kappa shape index (κ1) is 7.81. The van der Waals surface area contributed by atoms with Crippen LogP contribution in [-0.2, 0) is 4.84 Å². The first-order valence-electron chi connectivity index (χ1n) is 3.68. The number of anilines is 1. The van der Waals surface area contributed by atoms with Crippen LogP contribution in [0.3, 0.4) is 0 Å². The van der Waals surface area contributed by atoms with Gasteiger partial charge in [-0.15, -0.1) is 15.4 Å². The first-order chi connectivity index (χ1) is 6.42. The summed E-state index contributed by atoms with van der Waals surface area (Å²) in [4.78, 5) is 9.03. The van der Waals surface area contributed by atoms with Crippen LogP contribution in [0.1, 0.15) is 0 Å². The largest absolute Gasteiger partial charge is 0.254 e. The van der Waals surface area contributed by atoms with Crippen molar-refractivity contribution in [2.45, 2.75) is 0 Å². The van der Waals surface area contributed by atoms with E-state index in [4.69, 9.17) is 4.84 Å². The molecule has 0 saturated carbocycles. The van der Waals surface area contributed by atoms with Crippen LogP contribution in [0.15, 0.2) is 29.5 Å². The fourth-order valence-electron chi connectivity index (χ4n) is 0.944. The van der Waals surface area contributed by atoms with E-state index in [1.807, 2.05) is 18.2 Å². The number of hydrogen-bond acceptors (Lipinski definition) is 6. The summed E-state index contributed by atoms with van der Waals surface area (Å²) < 4.78 is 0. The number of hydrogen-bond donors (Lipinski definition) is 1. The highest BCUT2D eigenvalue weighted by Crippen LogP contribution is 2.11. The second kappa shape index (κ2) is 3.28. The van der Waals surface area contributed by atoms with E-state index in [1.54, 1.807) is 6.20 Å². The minimum absolute atomic E-state index is 0.679. The summed E-state index contributed by atoms with van der Waals surface area (Å²) in [7, 11) is 1.52. The van der Waals surface area contributed by atoms with Crippen LogP contribution in [0.5, 0.6) is 0 Å². The Balaban J connectivity index is 2.18. The molecule has 1 radical (unpaired) electrons. The zero-order valence-corrected chi connectivity index (χ0v) is 7.01. The number of rotatable bonds is 2. The monoisotopic (exact) mass is 178 g/mol. The smallest absolute Gasteiger partial charge is 0.248 e. The van der Waals surface area contributed by atoms with E-state index in [2.05, 4.69) is 22.0 Å². The van der Waals surface area contributed by atoms with Gasteiger partial charge in [-0.2, -0.15) is 5.53 Å². The summed E-state index contributed by atoms with van der Waals surface area (Å²) >= 11 is 0. The van der Waals surface area contributed by atoms with Gasteiger partial charge >= 0.3 is 0 Å². The zero-order chi connectivity index (χ0) is 9.10. The molecule has 6 heteroatoms. The van der Waals surface area contributed by atoms with Gasteiger partial charge in [0.15, 0.2) is 5.82 Å². The second-order valence-electron chi connectivity index (χ2n) is 2.27. The fraction of sp³-hybridized carbons (Fsp3) is 0.143. The van der Waals surface area contributed by atoms with Crippen LogP contribution in [0, 0.1) is 0 Å². The summed E-state index contributed by atoms with van der Waals surface area (Å²) in [5.74, 6) is 0.679. The standard InChI is InChI=1S/C7H8N5O/c1-13-11-6-9-10-12(11)7-4-2-3-5-8-7/h2-5,10H,1H3. The van der Waals surface area contributed by atoms with Gasteiger partial charge in [0.25, 0.3) is 0 Å². The van der Waals surface area contributed by atoms with E-state index in [9.17, 15) is 0 Å². The van der Waals surface area contributed by atoms with E-state index in [0.29, 0.717) is 5.82 Å². The van der Waals surface area contributed by atoms with Gasteiger partial charge in [0.1, 0.15) is 0 Å². The van der Waals surface area contributed by atoms with Gasteiger partial charge < -0.3 is 0 Å². The Bertz CT molecular complexity index is 301. The Kier molecular flexibility index (Phi) is 1.97. The summed E-state index contributed by atoms with van der Waals surface area (Å²) in [6.45, 7) is 0. The number of nitrogens with one attached hydrogen (secondary N) is 1. The molecule has 2 heterocycles. The zero-order valence-electron chi connectivity index (χ0n) is 7.01. The molecule has 0 aliphatic carbocycles. The normalized spacial score (nSPS) is 14.8. The first-order valence-corrected chi connectivity index (χ1v) is 3.68. The highest BCUT2D eigenvalue weighted by atomic mass is 16.7. The lowest BCUT2D eigenvalue weighted by Gasteiger charge is -2.23. The summed E-state index contributed by atoms with van der Waals surface area (Å²) in [5, 5.41) is 6.50. The molecular weight excluding hydrogens is 170 g/mol. The fourth-order valence-corrected chi connectivity index (χ4v) is 0.944. The lowest BCUT2D eigenvalue weighted by Crippen LogP contribution is -2.42. The van der Waals surface area contributed by atoms with Crippen LogP contribution >= 0.6 is 0 Å². The molecule has 0 fully saturated rings. The molecule has 2 rings (SSSR count). The van der Waals surface area contributed by atoms with Crippen molar-refractivity contribution < 1.29 is 4.84 Å². The maximum atomic E-state index is 4.93. The number of hydrazone groups is 1. The summed E-state index contributed by atoms with van der Waals surface area (Å²) in [6, 6.07) is 5.53. The molecule has 1 N–H and O–H groups in total. The maximum absolute atomic E-state index is 4.93. The third-order valence-corrected chi connectivity index (χ3v) is 1.50. The van der Waals surface area contributed by atoms with E-state index < -0.39 is 0 Å². The molecule has 1 aliphatic heterocycles. The number of hydrazine groups is 2. The van der Waals surface area contributed by atoms with Gasteiger partial charge in [-0.25, -0.2) is 4.98 Å². The molecule has 6 nitrogen and oxygen atoms in total. The molecule has 0 aromatic carbocycles. The van der Waals surface area contributed by atoms with Crippen molar-refractivity contribution in [3.8, 4) is 0 Å². The Morgan fingerprint density at radius 1 is 1.54 bits per heavy atom. The summed E-state index contributed by atoms with van der Waals surface area (Å²) in [6.07, 6.45) is 4.25. The van der Waals surface area contributed by atoms with Crippen molar-refractivity contribution in [2.24, 2.45) is 5.10 Å². The number of nitrogens with zero attached hydrogens (tertiary/aromatic N) is 4. The molecule has 1 aromatic rings. The Morgan fingerprint density at radius 3 is 3.15 bits per heavy atom. The minimum Gasteiger partial charge on any atom is -0.254 e. The highest BCUT2D eigenvalue weighted by molar-refractivity contribution is 5.59. The molecule has 1 aliphatic rings. The second-order valence-corrected chi connectivity index (χ2v) is 2.27. The topological polar surface area (TPSA) is 53.0 Å². The molecule has 13 heavy (non-hydrogen) atoms.